The van der Waals surface area contributed by atoms with Crippen LogP contribution in [0.15, 0.2) is 22.2 Å². The highest BCUT2D eigenvalue weighted by Crippen LogP contribution is 2.19. The van der Waals surface area contributed by atoms with E-state index in [1.54, 1.807) is 0 Å². The van der Waals surface area contributed by atoms with Gasteiger partial charge < -0.3 is 4.98 Å². The summed E-state index contributed by atoms with van der Waals surface area (Å²) in [4.78, 5) is 2.08. The fourth-order valence-electron chi connectivity index (χ4n) is 0.915. The monoisotopic (exact) mass is 223 g/mol. The van der Waals surface area contributed by atoms with E-state index in [1.807, 2.05) is 0 Å². The molecule has 0 saturated heterocycles. The minimum atomic E-state index is -3.48. The average molecular weight is 223 g/mol. The molecule has 7 heteroatoms. The Labute approximate surface area is 76.6 Å². The first-order valence-electron chi connectivity index (χ1n) is 3.30. The van der Waals surface area contributed by atoms with E-state index in [0.29, 0.717) is 0 Å². The van der Waals surface area contributed by atoms with Crippen molar-refractivity contribution in [2.24, 2.45) is 0 Å². The van der Waals surface area contributed by atoms with Crippen LogP contribution in [0, 0.1) is 0 Å². The van der Waals surface area contributed by atoms with Crippen LogP contribution in [-0.4, -0.2) is 34.3 Å². The summed E-state index contributed by atoms with van der Waals surface area (Å²) in [6.07, 6.45) is 4.24. The second-order valence-corrected chi connectivity index (χ2v) is 6.70. The van der Waals surface area contributed by atoms with Crippen LogP contribution in [-0.2, 0) is 19.7 Å². The van der Waals surface area contributed by atoms with Crippen LogP contribution in [0.1, 0.15) is 0 Å². The Kier molecular flexibility index (Phi) is 2.25. The Hall–Kier alpha value is -0.820. The molecule has 0 fully saturated rings. The van der Waals surface area contributed by atoms with Gasteiger partial charge in [-0.3, -0.25) is 0 Å². The van der Waals surface area contributed by atoms with Gasteiger partial charge in [0.25, 0.3) is 0 Å². The molecule has 0 aromatic carbocycles. The van der Waals surface area contributed by atoms with Gasteiger partial charge in [-0.25, -0.2) is 16.8 Å². The van der Waals surface area contributed by atoms with Crippen molar-refractivity contribution in [1.29, 1.82) is 0 Å². The Morgan fingerprint density at radius 2 is 1.23 bits per heavy atom. The minimum Gasteiger partial charge on any atom is -0.365 e. The van der Waals surface area contributed by atoms with Gasteiger partial charge in [-0.2, -0.15) is 0 Å². The van der Waals surface area contributed by atoms with Crippen LogP contribution < -0.4 is 0 Å². The smallest absolute Gasteiger partial charge is 0.178 e. The van der Waals surface area contributed by atoms with E-state index in [9.17, 15) is 16.8 Å². The molecule has 1 aromatic heterocycles. The SMILES string of the molecule is CS(=O)(=O)c1c[nH]cc1S(C)(=O)=O. The molecule has 0 bridgehead atoms. The topological polar surface area (TPSA) is 84.1 Å². The van der Waals surface area contributed by atoms with Crippen LogP contribution in [0.5, 0.6) is 0 Å². The molecule has 74 valence electrons. The van der Waals surface area contributed by atoms with Crippen LogP contribution in [0.3, 0.4) is 0 Å². The quantitative estimate of drug-likeness (QED) is 0.754. The highest BCUT2D eigenvalue weighted by atomic mass is 32.2. The van der Waals surface area contributed by atoms with Gasteiger partial charge in [-0.15, -0.1) is 0 Å². The van der Waals surface area contributed by atoms with Crippen molar-refractivity contribution in [3.8, 4) is 0 Å². The van der Waals surface area contributed by atoms with Gasteiger partial charge in [-0.05, 0) is 0 Å². The molecule has 0 spiro atoms. The normalized spacial score (nSPS) is 13.1. The Morgan fingerprint density at radius 1 is 0.923 bits per heavy atom. The van der Waals surface area contributed by atoms with Crippen molar-refractivity contribution in [2.45, 2.75) is 9.79 Å². The lowest BCUT2D eigenvalue weighted by atomic mass is 10.7. The summed E-state index contributed by atoms with van der Waals surface area (Å²) in [7, 11) is -6.97. The molecule has 0 atom stereocenters. The maximum Gasteiger partial charge on any atom is 0.178 e. The van der Waals surface area contributed by atoms with Crippen molar-refractivity contribution in [1.82, 2.24) is 4.98 Å². The zero-order valence-corrected chi connectivity index (χ0v) is 8.74. The summed E-state index contributed by atoms with van der Waals surface area (Å²) < 4.78 is 44.3. The number of aromatic nitrogens is 1. The van der Waals surface area contributed by atoms with Gasteiger partial charge in [0.15, 0.2) is 19.7 Å². The van der Waals surface area contributed by atoms with E-state index in [4.69, 9.17) is 0 Å². The van der Waals surface area contributed by atoms with Crippen molar-refractivity contribution < 1.29 is 16.8 Å². The van der Waals surface area contributed by atoms with Crippen molar-refractivity contribution in [2.75, 3.05) is 12.5 Å². The molecule has 0 aliphatic carbocycles. The molecule has 0 amide bonds. The van der Waals surface area contributed by atoms with E-state index >= 15 is 0 Å². The lowest BCUT2D eigenvalue weighted by molar-refractivity contribution is 0.590. The molecule has 0 radical (unpaired) electrons. The van der Waals surface area contributed by atoms with E-state index in [1.165, 1.54) is 0 Å². The highest BCUT2D eigenvalue weighted by molar-refractivity contribution is 7.93. The molecular formula is C6H9NO4S2. The van der Waals surface area contributed by atoms with Gasteiger partial charge >= 0.3 is 0 Å². The molecule has 0 unspecified atom stereocenters. The maximum absolute atomic E-state index is 11.1. The van der Waals surface area contributed by atoms with Gasteiger partial charge in [0.1, 0.15) is 9.79 Å². The predicted octanol–water partition coefficient (Wildman–Crippen LogP) is -0.178. The first kappa shape index (κ1) is 10.3. The van der Waals surface area contributed by atoms with Crippen molar-refractivity contribution in [3.05, 3.63) is 12.4 Å². The van der Waals surface area contributed by atoms with Crippen LogP contribution >= 0.6 is 0 Å². The first-order chi connectivity index (χ1) is 5.73. The summed E-state index contributed by atoms with van der Waals surface area (Å²) in [6.45, 7) is 0. The lowest BCUT2D eigenvalue weighted by Crippen LogP contribution is -2.04. The summed E-state index contributed by atoms with van der Waals surface area (Å²) in [5.41, 5.74) is 0. The second kappa shape index (κ2) is 2.85. The van der Waals surface area contributed by atoms with Crippen LogP contribution in [0.2, 0.25) is 0 Å². The number of aromatic amines is 1. The number of nitrogens with one attached hydrogen (secondary N) is 1. The summed E-state index contributed by atoms with van der Waals surface area (Å²) >= 11 is 0. The van der Waals surface area contributed by atoms with Crippen LogP contribution in [0.4, 0.5) is 0 Å². The second-order valence-electron chi connectivity index (χ2n) is 2.73. The molecule has 0 aliphatic rings. The third kappa shape index (κ3) is 2.10. The summed E-state index contributed by atoms with van der Waals surface area (Å²) in [6, 6.07) is 0. The van der Waals surface area contributed by atoms with Gasteiger partial charge in [-0.1, -0.05) is 0 Å². The average Bonchev–Trinajstić information content (AvgIpc) is 2.27. The summed E-state index contributed by atoms with van der Waals surface area (Å²) in [5.74, 6) is 0. The van der Waals surface area contributed by atoms with Crippen molar-refractivity contribution in [3.63, 3.8) is 0 Å². The number of sulfone groups is 2. The third-order valence-electron chi connectivity index (χ3n) is 1.47. The zero-order valence-electron chi connectivity index (χ0n) is 7.10. The number of H-pyrrole nitrogens is 1. The Bertz CT molecular complexity index is 462. The van der Waals surface area contributed by atoms with E-state index in [-0.39, 0.29) is 9.79 Å². The number of hydrogen-bond acceptors (Lipinski definition) is 4. The lowest BCUT2D eigenvalue weighted by Gasteiger charge is -1.97. The molecular weight excluding hydrogens is 214 g/mol. The first-order valence-corrected chi connectivity index (χ1v) is 7.08. The van der Waals surface area contributed by atoms with E-state index < -0.39 is 19.7 Å². The van der Waals surface area contributed by atoms with E-state index in [2.05, 4.69) is 4.98 Å². The number of hydrogen-bond donors (Lipinski definition) is 1. The van der Waals surface area contributed by atoms with Gasteiger partial charge in [0.2, 0.25) is 0 Å². The van der Waals surface area contributed by atoms with E-state index in [0.717, 1.165) is 24.9 Å². The molecule has 5 nitrogen and oxygen atoms in total. The third-order valence-corrected chi connectivity index (χ3v) is 3.87. The molecule has 0 aliphatic heterocycles. The highest BCUT2D eigenvalue weighted by Gasteiger charge is 2.20. The molecule has 0 saturated carbocycles. The fourth-order valence-corrected chi connectivity index (χ4v) is 3.24. The molecule has 1 rings (SSSR count). The fraction of sp³-hybridized carbons (Fsp3) is 0.333. The molecule has 13 heavy (non-hydrogen) atoms. The Morgan fingerprint density at radius 3 is 1.46 bits per heavy atom. The molecule has 1 N–H and O–H groups in total. The predicted molar refractivity (Wildman–Crippen MR) is 47.0 cm³/mol. The van der Waals surface area contributed by atoms with Gasteiger partial charge in [0.05, 0.1) is 0 Å². The number of rotatable bonds is 2. The molecule has 1 heterocycles. The van der Waals surface area contributed by atoms with Gasteiger partial charge in [0, 0.05) is 24.9 Å². The largest absolute Gasteiger partial charge is 0.365 e. The zero-order chi connectivity index (χ0) is 10.3. The molecule has 1 aromatic rings. The van der Waals surface area contributed by atoms with Crippen molar-refractivity contribution >= 4 is 19.7 Å². The minimum absolute atomic E-state index is 0.185. The standard InChI is InChI=1S/C6H9NO4S2/c1-12(8,9)5-3-7-4-6(5)13(2,10)11/h3-4,7H,1-2H3. The van der Waals surface area contributed by atoms with Crippen LogP contribution in [0.25, 0.3) is 0 Å². The maximum atomic E-state index is 11.1. The Balaban J connectivity index is 3.54. The summed E-state index contributed by atoms with van der Waals surface area (Å²) in [5, 5.41) is 0.